The van der Waals surface area contributed by atoms with Gasteiger partial charge >= 0.3 is 0 Å². The molecule has 0 aliphatic rings. The molecular weight excluding hydrogens is 252 g/mol. The van der Waals surface area contributed by atoms with Gasteiger partial charge in [-0.15, -0.1) is 0 Å². The summed E-state index contributed by atoms with van der Waals surface area (Å²) in [6.07, 6.45) is -0.484. The van der Waals surface area contributed by atoms with Crippen molar-refractivity contribution in [1.29, 1.82) is 0 Å². The number of para-hydroxylation sites is 1. The number of carbonyl (C=O) groups excluding carboxylic acids is 1. The minimum atomic E-state index is -0.701. The molecule has 1 unspecified atom stereocenters. The zero-order valence-electron chi connectivity index (χ0n) is 11.1. The van der Waals surface area contributed by atoms with E-state index in [-0.39, 0.29) is 18.9 Å². The predicted octanol–water partition coefficient (Wildman–Crippen LogP) is 1.66. The molecular formula is C16H18N2O2. The number of nitrogens with two attached hydrogens (primary N) is 1. The molecule has 0 aliphatic carbocycles. The van der Waals surface area contributed by atoms with Gasteiger partial charge < -0.3 is 16.2 Å². The Morgan fingerprint density at radius 2 is 1.75 bits per heavy atom. The number of benzene rings is 2. The SMILES string of the molecule is Nc1ccccc1CC(=O)NCC(O)c1ccccc1. The number of nitrogen functional groups attached to an aromatic ring is 1. The molecule has 0 radical (unpaired) electrons. The quantitative estimate of drug-likeness (QED) is 0.723. The van der Waals surface area contributed by atoms with Crippen LogP contribution in [0.25, 0.3) is 0 Å². The minimum absolute atomic E-state index is 0.155. The summed E-state index contributed by atoms with van der Waals surface area (Å²) in [5.41, 5.74) is 7.96. The van der Waals surface area contributed by atoms with E-state index in [9.17, 15) is 9.90 Å². The molecule has 4 heteroatoms. The third-order valence-electron chi connectivity index (χ3n) is 3.08. The van der Waals surface area contributed by atoms with Gasteiger partial charge in [0.05, 0.1) is 12.5 Å². The largest absolute Gasteiger partial charge is 0.398 e. The number of rotatable bonds is 5. The number of carbonyl (C=O) groups is 1. The first-order valence-corrected chi connectivity index (χ1v) is 6.50. The number of hydrogen-bond acceptors (Lipinski definition) is 3. The van der Waals surface area contributed by atoms with Crippen molar-refractivity contribution in [1.82, 2.24) is 5.32 Å². The molecule has 4 N–H and O–H groups in total. The fourth-order valence-electron chi connectivity index (χ4n) is 1.93. The van der Waals surface area contributed by atoms with Crippen LogP contribution in [-0.2, 0) is 11.2 Å². The third-order valence-corrected chi connectivity index (χ3v) is 3.08. The summed E-state index contributed by atoms with van der Waals surface area (Å²) in [6.45, 7) is 0.190. The van der Waals surface area contributed by atoms with Gasteiger partial charge in [0.25, 0.3) is 0 Å². The first-order chi connectivity index (χ1) is 9.66. The fourth-order valence-corrected chi connectivity index (χ4v) is 1.93. The maximum Gasteiger partial charge on any atom is 0.224 e. The first kappa shape index (κ1) is 14.1. The molecule has 0 spiro atoms. The standard InChI is InChI=1S/C16H18N2O2/c17-14-9-5-4-8-13(14)10-16(20)18-11-15(19)12-6-2-1-3-7-12/h1-9,15,19H,10-11,17H2,(H,18,20). The van der Waals surface area contributed by atoms with Crippen molar-refractivity contribution in [2.75, 3.05) is 12.3 Å². The molecule has 1 amide bonds. The summed E-state index contributed by atoms with van der Waals surface area (Å²) in [7, 11) is 0. The molecule has 0 aromatic heterocycles. The van der Waals surface area contributed by atoms with Crippen LogP contribution in [0.2, 0.25) is 0 Å². The van der Waals surface area contributed by atoms with E-state index in [0.29, 0.717) is 5.69 Å². The van der Waals surface area contributed by atoms with Gasteiger partial charge in [-0.2, -0.15) is 0 Å². The van der Waals surface area contributed by atoms with Gasteiger partial charge in [-0.1, -0.05) is 48.5 Å². The second kappa shape index (κ2) is 6.73. The van der Waals surface area contributed by atoms with Crippen molar-refractivity contribution in [2.24, 2.45) is 0 Å². The summed E-state index contributed by atoms with van der Waals surface area (Å²) < 4.78 is 0. The van der Waals surface area contributed by atoms with Crippen LogP contribution in [0.3, 0.4) is 0 Å². The van der Waals surface area contributed by atoms with Crippen molar-refractivity contribution >= 4 is 11.6 Å². The van der Waals surface area contributed by atoms with Crippen LogP contribution in [0, 0.1) is 0 Å². The number of anilines is 1. The van der Waals surface area contributed by atoms with E-state index in [1.54, 1.807) is 6.07 Å². The van der Waals surface area contributed by atoms with E-state index < -0.39 is 6.10 Å². The summed E-state index contributed by atoms with van der Waals surface area (Å²) in [4.78, 5) is 11.8. The lowest BCUT2D eigenvalue weighted by molar-refractivity contribution is -0.120. The molecule has 0 saturated carbocycles. The van der Waals surface area contributed by atoms with Gasteiger partial charge in [0.2, 0.25) is 5.91 Å². The average molecular weight is 270 g/mol. The van der Waals surface area contributed by atoms with E-state index in [1.807, 2.05) is 48.5 Å². The van der Waals surface area contributed by atoms with Crippen LogP contribution in [-0.4, -0.2) is 17.6 Å². The normalized spacial score (nSPS) is 11.8. The highest BCUT2D eigenvalue weighted by atomic mass is 16.3. The minimum Gasteiger partial charge on any atom is -0.398 e. The molecule has 0 bridgehead atoms. The summed E-state index contributed by atoms with van der Waals surface area (Å²) in [5, 5.41) is 12.7. The first-order valence-electron chi connectivity index (χ1n) is 6.50. The molecule has 0 heterocycles. The van der Waals surface area contributed by atoms with E-state index in [1.165, 1.54) is 0 Å². The molecule has 104 valence electrons. The second-order valence-electron chi connectivity index (χ2n) is 4.61. The molecule has 4 nitrogen and oxygen atoms in total. The monoisotopic (exact) mass is 270 g/mol. The van der Waals surface area contributed by atoms with Gasteiger partial charge in [0.1, 0.15) is 0 Å². The zero-order chi connectivity index (χ0) is 14.4. The van der Waals surface area contributed by atoms with Crippen LogP contribution in [0.5, 0.6) is 0 Å². The number of aliphatic hydroxyl groups is 1. The molecule has 0 aliphatic heterocycles. The van der Waals surface area contributed by atoms with E-state index in [4.69, 9.17) is 5.73 Å². The smallest absolute Gasteiger partial charge is 0.224 e. The number of hydrogen-bond donors (Lipinski definition) is 3. The summed E-state index contributed by atoms with van der Waals surface area (Å²) in [5.74, 6) is -0.155. The highest BCUT2D eigenvalue weighted by Crippen LogP contribution is 2.12. The number of aliphatic hydroxyl groups excluding tert-OH is 1. The zero-order valence-corrected chi connectivity index (χ0v) is 11.1. The van der Waals surface area contributed by atoms with Crippen LogP contribution < -0.4 is 11.1 Å². The highest BCUT2D eigenvalue weighted by Gasteiger charge is 2.10. The fraction of sp³-hybridized carbons (Fsp3) is 0.188. The Balaban J connectivity index is 1.85. The van der Waals surface area contributed by atoms with E-state index in [2.05, 4.69) is 5.32 Å². The molecule has 1 atom stereocenters. The van der Waals surface area contributed by atoms with E-state index in [0.717, 1.165) is 11.1 Å². The lowest BCUT2D eigenvalue weighted by atomic mass is 10.1. The Bertz CT molecular complexity index is 570. The van der Waals surface area contributed by atoms with Gasteiger partial charge in [0.15, 0.2) is 0 Å². The van der Waals surface area contributed by atoms with Crippen molar-refractivity contribution < 1.29 is 9.90 Å². The summed E-state index contributed by atoms with van der Waals surface area (Å²) >= 11 is 0. The highest BCUT2D eigenvalue weighted by molar-refractivity contribution is 5.80. The van der Waals surface area contributed by atoms with Gasteiger partial charge in [-0.05, 0) is 17.2 Å². The molecule has 2 aromatic carbocycles. The van der Waals surface area contributed by atoms with Crippen LogP contribution in [0.1, 0.15) is 17.2 Å². The van der Waals surface area contributed by atoms with Crippen LogP contribution in [0.4, 0.5) is 5.69 Å². The average Bonchev–Trinajstić information content (AvgIpc) is 2.48. The molecule has 0 saturated heterocycles. The van der Waals surface area contributed by atoms with Crippen molar-refractivity contribution in [3.8, 4) is 0 Å². The summed E-state index contributed by atoms with van der Waals surface area (Å²) in [6, 6.07) is 16.5. The molecule has 2 rings (SSSR count). The predicted molar refractivity (Wildman–Crippen MR) is 79.0 cm³/mol. The van der Waals surface area contributed by atoms with Crippen LogP contribution >= 0.6 is 0 Å². The Labute approximate surface area is 118 Å². The molecule has 0 fully saturated rings. The van der Waals surface area contributed by atoms with Crippen molar-refractivity contribution in [3.05, 3.63) is 65.7 Å². The van der Waals surface area contributed by atoms with E-state index >= 15 is 0 Å². The Hall–Kier alpha value is -2.33. The second-order valence-corrected chi connectivity index (χ2v) is 4.61. The van der Waals surface area contributed by atoms with Crippen molar-refractivity contribution in [3.63, 3.8) is 0 Å². The Morgan fingerprint density at radius 1 is 1.10 bits per heavy atom. The Morgan fingerprint density at radius 3 is 2.45 bits per heavy atom. The van der Waals surface area contributed by atoms with Gasteiger partial charge in [-0.3, -0.25) is 4.79 Å². The number of amides is 1. The maximum atomic E-state index is 11.8. The Kier molecular flexibility index (Phi) is 4.74. The maximum absolute atomic E-state index is 11.8. The van der Waals surface area contributed by atoms with Crippen LogP contribution in [0.15, 0.2) is 54.6 Å². The van der Waals surface area contributed by atoms with Crippen molar-refractivity contribution in [2.45, 2.75) is 12.5 Å². The lowest BCUT2D eigenvalue weighted by Gasteiger charge is -2.12. The lowest BCUT2D eigenvalue weighted by Crippen LogP contribution is -2.29. The third kappa shape index (κ3) is 3.83. The topological polar surface area (TPSA) is 75.4 Å². The van der Waals surface area contributed by atoms with Gasteiger partial charge in [0, 0.05) is 12.2 Å². The number of nitrogens with one attached hydrogen (secondary N) is 1. The molecule has 2 aromatic rings. The van der Waals surface area contributed by atoms with Gasteiger partial charge in [-0.25, -0.2) is 0 Å². The molecule has 20 heavy (non-hydrogen) atoms.